The largest absolute Gasteiger partial charge is 0.307 e. The Labute approximate surface area is 153 Å². The summed E-state index contributed by atoms with van der Waals surface area (Å²) in [5, 5.41) is 6.45. The number of hydrogen-bond acceptors (Lipinski definition) is 6. The van der Waals surface area contributed by atoms with E-state index in [-0.39, 0.29) is 0 Å². The van der Waals surface area contributed by atoms with E-state index in [1.807, 2.05) is 42.5 Å². The molecule has 5 aromatic rings. The highest BCUT2D eigenvalue weighted by molar-refractivity contribution is 7.03. The van der Waals surface area contributed by atoms with Crippen LogP contribution in [0.1, 0.15) is 0 Å². The van der Waals surface area contributed by atoms with Gasteiger partial charge in [0.25, 0.3) is 0 Å². The van der Waals surface area contributed by atoms with Crippen molar-refractivity contribution in [2.24, 2.45) is 0 Å². The third-order valence-electron chi connectivity index (χ3n) is 4.23. The first kappa shape index (κ1) is 14.9. The van der Waals surface area contributed by atoms with Crippen LogP contribution >= 0.6 is 11.5 Å². The van der Waals surface area contributed by atoms with Gasteiger partial charge in [0.1, 0.15) is 11.3 Å². The van der Waals surface area contributed by atoms with Gasteiger partial charge >= 0.3 is 0 Å². The van der Waals surface area contributed by atoms with E-state index >= 15 is 0 Å². The maximum Gasteiger partial charge on any atom is 0.240 e. The Morgan fingerprint density at radius 3 is 2.46 bits per heavy atom. The Balaban J connectivity index is 1.75. The number of anilines is 2. The summed E-state index contributed by atoms with van der Waals surface area (Å²) in [6.45, 7) is 0. The molecule has 0 radical (unpaired) electrons. The molecule has 26 heavy (non-hydrogen) atoms. The minimum atomic E-state index is 0.544. The first-order valence-corrected chi connectivity index (χ1v) is 9.00. The molecule has 124 valence electrons. The summed E-state index contributed by atoms with van der Waals surface area (Å²) in [6.07, 6.45) is 0. The maximum atomic E-state index is 4.80. The van der Waals surface area contributed by atoms with Crippen molar-refractivity contribution in [3.05, 3.63) is 72.2 Å². The zero-order valence-corrected chi connectivity index (χ0v) is 14.4. The zero-order valence-electron chi connectivity index (χ0n) is 13.6. The lowest BCUT2D eigenvalue weighted by atomic mass is 10.0. The van der Waals surface area contributed by atoms with Gasteiger partial charge in [-0.1, -0.05) is 54.6 Å². The number of rotatable bonds is 3. The van der Waals surface area contributed by atoms with Gasteiger partial charge in [-0.05, 0) is 34.4 Å². The first-order chi connectivity index (χ1) is 12.9. The molecule has 0 saturated carbocycles. The van der Waals surface area contributed by atoms with Crippen LogP contribution in [0, 0.1) is 0 Å². The second-order valence-electron chi connectivity index (χ2n) is 5.82. The van der Waals surface area contributed by atoms with E-state index in [2.05, 4.69) is 38.9 Å². The van der Waals surface area contributed by atoms with E-state index in [0.717, 1.165) is 27.2 Å². The highest BCUT2D eigenvalue weighted by Gasteiger charge is 2.12. The second-order valence-corrected chi connectivity index (χ2v) is 6.42. The molecule has 5 rings (SSSR count). The van der Waals surface area contributed by atoms with Crippen LogP contribution in [0.4, 0.5) is 11.8 Å². The summed E-state index contributed by atoms with van der Waals surface area (Å²) in [4.78, 5) is 13.8. The summed E-state index contributed by atoms with van der Waals surface area (Å²) >= 11 is 1.30. The van der Waals surface area contributed by atoms with Crippen LogP contribution in [0.2, 0.25) is 0 Å². The van der Waals surface area contributed by atoms with E-state index < -0.39 is 0 Å². The number of fused-ring (bicyclic) bond motifs is 2. The number of aromatic nitrogens is 4. The minimum Gasteiger partial charge on any atom is -0.307 e. The molecule has 0 spiro atoms. The van der Waals surface area contributed by atoms with Gasteiger partial charge < -0.3 is 5.32 Å². The fourth-order valence-electron chi connectivity index (χ4n) is 3.04. The van der Waals surface area contributed by atoms with Gasteiger partial charge in [-0.25, -0.2) is 15.0 Å². The van der Waals surface area contributed by atoms with Crippen LogP contribution < -0.4 is 5.32 Å². The number of hydrogen-bond donors (Lipinski definition) is 1. The molecule has 0 aliphatic rings. The average Bonchev–Trinajstić information content (AvgIpc) is 3.20. The van der Waals surface area contributed by atoms with Crippen molar-refractivity contribution in [3.8, 4) is 11.4 Å². The lowest BCUT2D eigenvalue weighted by Gasteiger charge is -2.10. The van der Waals surface area contributed by atoms with Crippen LogP contribution in [-0.2, 0) is 0 Å². The monoisotopic (exact) mass is 355 g/mol. The molecule has 1 N–H and O–H groups in total. The van der Waals surface area contributed by atoms with Crippen LogP contribution in [0.25, 0.3) is 33.1 Å². The number of benzene rings is 3. The van der Waals surface area contributed by atoms with Gasteiger partial charge in [0.05, 0.1) is 5.52 Å². The molecule has 0 fully saturated rings. The van der Waals surface area contributed by atoms with Crippen molar-refractivity contribution >= 4 is 45.0 Å². The topological polar surface area (TPSA) is 63.6 Å². The summed E-state index contributed by atoms with van der Waals surface area (Å²) in [6, 6.07) is 22.4. The maximum absolute atomic E-state index is 4.80. The molecule has 0 bridgehead atoms. The Morgan fingerprint density at radius 1 is 0.769 bits per heavy atom. The molecule has 0 amide bonds. The van der Waals surface area contributed by atoms with Gasteiger partial charge in [-0.3, -0.25) is 0 Å². The predicted molar refractivity (Wildman–Crippen MR) is 106 cm³/mol. The van der Waals surface area contributed by atoms with Crippen molar-refractivity contribution in [2.75, 3.05) is 5.32 Å². The van der Waals surface area contributed by atoms with Crippen LogP contribution in [-0.4, -0.2) is 19.3 Å². The second kappa shape index (κ2) is 6.16. The molecular weight excluding hydrogens is 342 g/mol. The van der Waals surface area contributed by atoms with Gasteiger partial charge in [-0.2, -0.15) is 4.37 Å². The average molecular weight is 355 g/mol. The van der Waals surface area contributed by atoms with Crippen molar-refractivity contribution in [2.45, 2.75) is 0 Å². The highest BCUT2D eigenvalue weighted by atomic mass is 32.1. The minimum absolute atomic E-state index is 0.544. The van der Waals surface area contributed by atoms with E-state index in [1.54, 1.807) is 5.51 Å². The van der Waals surface area contributed by atoms with Gasteiger partial charge in [0.15, 0.2) is 5.82 Å². The van der Waals surface area contributed by atoms with E-state index in [9.17, 15) is 0 Å². The normalized spacial score (nSPS) is 11.1. The number of nitrogens with one attached hydrogen (secondary N) is 1. The molecule has 0 aliphatic carbocycles. The lowest BCUT2D eigenvalue weighted by molar-refractivity contribution is 1.20. The van der Waals surface area contributed by atoms with Crippen molar-refractivity contribution < 1.29 is 0 Å². The molecule has 3 aromatic carbocycles. The third-order valence-corrected chi connectivity index (χ3v) is 4.70. The van der Waals surface area contributed by atoms with Crippen molar-refractivity contribution in [3.63, 3.8) is 0 Å². The first-order valence-electron chi connectivity index (χ1n) is 8.17. The molecule has 6 heteroatoms. The smallest absolute Gasteiger partial charge is 0.240 e. The standard InChI is InChI=1S/C20H13N5S/c1-2-8-14-13(6-1)7-5-10-15(14)18-22-17-11-4-3-9-16(17)19(23-18)24-20-21-12-26-25-20/h1-12H,(H,22,23,24,25). The van der Waals surface area contributed by atoms with Gasteiger partial charge in [0, 0.05) is 10.9 Å². The van der Waals surface area contributed by atoms with Crippen molar-refractivity contribution in [1.82, 2.24) is 19.3 Å². The fraction of sp³-hybridized carbons (Fsp3) is 0. The summed E-state index contributed by atoms with van der Waals surface area (Å²) in [5.41, 5.74) is 3.57. The predicted octanol–water partition coefficient (Wildman–Crippen LogP) is 5.05. The molecule has 2 heterocycles. The molecule has 2 aromatic heterocycles. The lowest BCUT2D eigenvalue weighted by Crippen LogP contribution is -2.00. The highest BCUT2D eigenvalue weighted by Crippen LogP contribution is 2.30. The molecule has 5 nitrogen and oxygen atoms in total. The SMILES string of the molecule is c1ccc2c(-c3nc(Nc4ncsn4)c4ccccc4n3)cccc2c1. The number of nitrogens with zero attached hydrogens (tertiary/aromatic N) is 4. The molecule has 0 unspecified atom stereocenters. The van der Waals surface area contributed by atoms with Crippen LogP contribution in [0.15, 0.2) is 72.2 Å². The Morgan fingerprint density at radius 2 is 1.58 bits per heavy atom. The molecular formula is C20H13N5S. The fourth-order valence-corrected chi connectivity index (χ4v) is 3.43. The Kier molecular flexibility index (Phi) is 3.54. The quantitative estimate of drug-likeness (QED) is 0.491. The van der Waals surface area contributed by atoms with Crippen molar-refractivity contribution in [1.29, 1.82) is 0 Å². The third kappa shape index (κ3) is 2.57. The van der Waals surface area contributed by atoms with Crippen LogP contribution in [0.3, 0.4) is 0 Å². The molecule has 0 atom stereocenters. The summed E-state index contributed by atoms with van der Waals surface area (Å²) in [7, 11) is 0. The summed E-state index contributed by atoms with van der Waals surface area (Å²) < 4.78 is 4.23. The van der Waals surface area contributed by atoms with Gasteiger partial charge in [0.2, 0.25) is 5.95 Å². The van der Waals surface area contributed by atoms with E-state index in [0.29, 0.717) is 17.6 Å². The molecule has 0 saturated heterocycles. The van der Waals surface area contributed by atoms with E-state index in [1.165, 1.54) is 11.5 Å². The Bertz CT molecular complexity index is 1210. The summed E-state index contributed by atoms with van der Waals surface area (Å²) in [5.74, 6) is 1.93. The van der Waals surface area contributed by atoms with E-state index in [4.69, 9.17) is 9.97 Å². The van der Waals surface area contributed by atoms with Crippen LogP contribution in [0.5, 0.6) is 0 Å². The zero-order chi connectivity index (χ0) is 17.3. The van der Waals surface area contributed by atoms with Gasteiger partial charge in [-0.15, -0.1) is 0 Å². The Hall–Kier alpha value is -3.38. The number of para-hydroxylation sites is 1. The molecule has 0 aliphatic heterocycles.